The fraction of sp³-hybridized carbons (Fsp3) is 0. The molecule has 11 aromatic carbocycles. The largest absolute Gasteiger partial charge is 0.455 e. The number of thiophene rings is 1. The van der Waals surface area contributed by atoms with E-state index in [1.807, 2.05) is 17.4 Å². The van der Waals surface area contributed by atoms with Crippen LogP contribution in [0.4, 0.5) is 0 Å². The predicted octanol–water partition coefficient (Wildman–Crippen LogP) is 17.2. The molecule has 0 atom stereocenters. The summed E-state index contributed by atoms with van der Waals surface area (Å²) in [4.78, 5) is 0. The zero-order valence-corrected chi connectivity index (χ0v) is 33.3. The quantitative estimate of drug-likeness (QED) is 0.162. The first kappa shape index (κ1) is 33.5. The highest BCUT2D eigenvalue weighted by molar-refractivity contribution is 7.25. The van der Waals surface area contributed by atoms with Gasteiger partial charge < -0.3 is 4.42 Å². The summed E-state index contributed by atoms with van der Waals surface area (Å²) in [5.74, 6) is 0. The minimum atomic E-state index is 0.914. The monoisotopic (exact) mass is 778 g/mol. The van der Waals surface area contributed by atoms with E-state index in [0.717, 1.165) is 27.5 Å². The number of benzene rings is 11. The lowest BCUT2D eigenvalue weighted by Crippen LogP contribution is -1.91. The summed E-state index contributed by atoms with van der Waals surface area (Å²) < 4.78 is 9.22. The molecule has 278 valence electrons. The van der Waals surface area contributed by atoms with Crippen LogP contribution < -0.4 is 0 Å². The van der Waals surface area contributed by atoms with Crippen LogP contribution >= 0.6 is 11.3 Å². The molecule has 2 heteroatoms. The van der Waals surface area contributed by atoms with E-state index >= 15 is 0 Å². The normalized spacial score (nSPS) is 12.0. The van der Waals surface area contributed by atoms with Gasteiger partial charge in [0.05, 0.1) is 0 Å². The van der Waals surface area contributed by atoms with E-state index in [1.54, 1.807) is 0 Å². The van der Waals surface area contributed by atoms with Crippen molar-refractivity contribution in [3.63, 3.8) is 0 Å². The summed E-state index contributed by atoms with van der Waals surface area (Å²) >= 11 is 1.88. The number of hydrogen-bond donors (Lipinski definition) is 0. The Balaban J connectivity index is 1.01. The van der Waals surface area contributed by atoms with E-state index in [1.165, 1.54) is 102 Å². The molecule has 0 fully saturated rings. The highest BCUT2D eigenvalue weighted by Gasteiger charge is 2.22. The molecule has 60 heavy (non-hydrogen) atoms. The highest BCUT2D eigenvalue weighted by atomic mass is 32.1. The van der Waals surface area contributed by atoms with Crippen molar-refractivity contribution in [2.75, 3.05) is 0 Å². The summed E-state index contributed by atoms with van der Waals surface area (Å²) in [6.45, 7) is 0. The summed E-state index contributed by atoms with van der Waals surface area (Å²) in [5.41, 5.74) is 11.7. The van der Waals surface area contributed by atoms with Gasteiger partial charge in [0.25, 0.3) is 0 Å². The molecule has 0 aliphatic heterocycles. The third-order valence-electron chi connectivity index (χ3n) is 12.6. The molecular weight excluding hydrogens is 745 g/mol. The molecule has 0 radical (unpaired) electrons. The molecule has 0 spiro atoms. The minimum Gasteiger partial charge on any atom is -0.455 e. The highest BCUT2D eigenvalue weighted by Crippen LogP contribution is 2.49. The second-order valence-electron chi connectivity index (χ2n) is 15.9. The van der Waals surface area contributed by atoms with Gasteiger partial charge in [0.15, 0.2) is 0 Å². The van der Waals surface area contributed by atoms with Gasteiger partial charge in [-0.05, 0) is 101 Å². The second-order valence-corrected chi connectivity index (χ2v) is 16.9. The van der Waals surface area contributed by atoms with Crippen LogP contribution in [0.15, 0.2) is 211 Å². The molecule has 13 rings (SSSR count). The number of furan rings is 1. The lowest BCUT2D eigenvalue weighted by molar-refractivity contribution is 0.670. The third-order valence-corrected chi connectivity index (χ3v) is 13.8. The molecule has 0 aliphatic rings. The number of rotatable bonds is 4. The van der Waals surface area contributed by atoms with Crippen LogP contribution in [0.5, 0.6) is 0 Å². The Kier molecular flexibility index (Phi) is 7.24. The van der Waals surface area contributed by atoms with E-state index in [2.05, 4.69) is 200 Å². The molecule has 0 saturated carbocycles. The van der Waals surface area contributed by atoms with Gasteiger partial charge in [0, 0.05) is 42.1 Å². The van der Waals surface area contributed by atoms with E-state index < -0.39 is 0 Å². The number of para-hydroxylation sites is 2. The average Bonchev–Trinajstić information content (AvgIpc) is 3.88. The van der Waals surface area contributed by atoms with Crippen molar-refractivity contribution >= 4 is 96.5 Å². The third kappa shape index (κ3) is 4.86. The van der Waals surface area contributed by atoms with Gasteiger partial charge in [-0.2, -0.15) is 0 Å². The van der Waals surface area contributed by atoms with Gasteiger partial charge >= 0.3 is 0 Å². The maximum atomic E-state index is 6.63. The van der Waals surface area contributed by atoms with Gasteiger partial charge in [0.1, 0.15) is 11.2 Å². The SMILES string of the molecule is c1ccc(-c2c3ccccc3c(-c3ccc4sc5cc(-c6c7ccccc7c(-c7cccc8c7oc7ccccc78)c7ccccc67)ccc5c4c3)c3ccccc23)cc1. The summed E-state index contributed by atoms with van der Waals surface area (Å²) in [7, 11) is 0. The molecule has 13 aromatic rings. The summed E-state index contributed by atoms with van der Waals surface area (Å²) in [5, 5.41) is 14.9. The molecular formula is C58H34OS. The van der Waals surface area contributed by atoms with Crippen molar-refractivity contribution < 1.29 is 4.42 Å². The van der Waals surface area contributed by atoms with Crippen molar-refractivity contribution in [3.8, 4) is 44.5 Å². The van der Waals surface area contributed by atoms with E-state index in [0.29, 0.717) is 0 Å². The smallest absolute Gasteiger partial charge is 0.143 e. The maximum absolute atomic E-state index is 6.63. The van der Waals surface area contributed by atoms with Gasteiger partial charge in [-0.15, -0.1) is 11.3 Å². The first-order valence-electron chi connectivity index (χ1n) is 20.6. The van der Waals surface area contributed by atoms with Crippen molar-refractivity contribution in [3.05, 3.63) is 206 Å². The van der Waals surface area contributed by atoms with Gasteiger partial charge in [-0.1, -0.05) is 182 Å². The summed E-state index contributed by atoms with van der Waals surface area (Å²) in [6.07, 6.45) is 0. The van der Waals surface area contributed by atoms with Gasteiger partial charge in [-0.25, -0.2) is 0 Å². The predicted molar refractivity (Wildman–Crippen MR) is 258 cm³/mol. The van der Waals surface area contributed by atoms with Crippen molar-refractivity contribution in [2.24, 2.45) is 0 Å². The van der Waals surface area contributed by atoms with Crippen LogP contribution in [0.25, 0.3) is 130 Å². The van der Waals surface area contributed by atoms with E-state index in [4.69, 9.17) is 4.42 Å². The fourth-order valence-electron chi connectivity index (χ4n) is 10.1. The number of hydrogen-bond acceptors (Lipinski definition) is 2. The first-order valence-corrected chi connectivity index (χ1v) is 21.4. The van der Waals surface area contributed by atoms with E-state index in [-0.39, 0.29) is 0 Å². The van der Waals surface area contributed by atoms with Gasteiger partial charge in [0.2, 0.25) is 0 Å². The summed E-state index contributed by atoms with van der Waals surface area (Å²) in [6, 6.07) is 75.6. The second kappa shape index (κ2) is 13.0. The van der Waals surface area contributed by atoms with Crippen molar-refractivity contribution in [1.29, 1.82) is 0 Å². The zero-order valence-electron chi connectivity index (χ0n) is 32.4. The molecule has 0 saturated heterocycles. The Morgan fingerprint density at radius 3 is 1.33 bits per heavy atom. The molecule has 0 amide bonds. The topological polar surface area (TPSA) is 13.1 Å². The Hall–Kier alpha value is -7.52. The molecule has 0 bridgehead atoms. The molecule has 2 aromatic heterocycles. The Morgan fingerprint density at radius 2 is 0.733 bits per heavy atom. The molecule has 0 aliphatic carbocycles. The van der Waals surface area contributed by atoms with Crippen LogP contribution in [-0.4, -0.2) is 0 Å². The molecule has 0 unspecified atom stereocenters. The van der Waals surface area contributed by atoms with Crippen molar-refractivity contribution in [2.45, 2.75) is 0 Å². The lowest BCUT2D eigenvalue weighted by Gasteiger charge is -2.18. The molecule has 2 heterocycles. The Bertz CT molecular complexity index is 3770. The molecule has 1 nitrogen and oxygen atoms in total. The fourth-order valence-corrected chi connectivity index (χ4v) is 11.2. The Labute approximate surface area is 350 Å². The van der Waals surface area contributed by atoms with E-state index in [9.17, 15) is 0 Å². The first-order chi connectivity index (χ1) is 29.8. The average molecular weight is 779 g/mol. The van der Waals surface area contributed by atoms with Crippen LogP contribution in [0.1, 0.15) is 0 Å². The van der Waals surface area contributed by atoms with Crippen LogP contribution in [0, 0.1) is 0 Å². The minimum absolute atomic E-state index is 0.914. The zero-order chi connectivity index (χ0) is 39.3. The number of fused-ring (bicyclic) bond motifs is 10. The molecule has 0 N–H and O–H groups in total. The van der Waals surface area contributed by atoms with Gasteiger partial charge in [-0.3, -0.25) is 0 Å². The van der Waals surface area contributed by atoms with Crippen LogP contribution in [-0.2, 0) is 0 Å². The maximum Gasteiger partial charge on any atom is 0.143 e. The standard InChI is InChI=1S/C58H34OS/c1-2-15-35(16-3-1)54-40-18-4-6-20-42(40)55(43-21-7-5-19-41(43)54)36-30-32-52-50(33-36)39-31-29-37(34-53(39)60-52)56-44-22-8-10-24-46(44)57(47-25-11-9-23-45(47)56)49-27-14-26-48-38-17-12-13-28-51(38)59-58(48)49/h1-34H. The van der Waals surface area contributed by atoms with Crippen LogP contribution in [0.3, 0.4) is 0 Å². The van der Waals surface area contributed by atoms with Crippen LogP contribution in [0.2, 0.25) is 0 Å². The Morgan fingerprint density at radius 1 is 0.267 bits per heavy atom. The van der Waals surface area contributed by atoms with Crippen molar-refractivity contribution in [1.82, 2.24) is 0 Å². The lowest BCUT2D eigenvalue weighted by atomic mass is 9.85.